The fraction of sp³-hybridized carbons (Fsp3) is 0.263. The maximum atomic E-state index is 13.7. The van der Waals surface area contributed by atoms with Gasteiger partial charge in [-0.05, 0) is 30.3 Å². The summed E-state index contributed by atoms with van der Waals surface area (Å²) in [5, 5.41) is 9.66. The van der Waals surface area contributed by atoms with Gasteiger partial charge < -0.3 is 19.8 Å². The maximum Gasteiger partial charge on any atom is 0.410 e. The smallest absolute Gasteiger partial charge is 0.410 e. The van der Waals surface area contributed by atoms with E-state index in [9.17, 15) is 18.0 Å². The molecule has 30 heavy (non-hydrogen) atoms. The zero-order valence-corrected chi connectivity index (χ0v) is 16.3. The van der Waals surface area contributed by atoms with Gasteiger partial charge >= 0.3 is 6.18 Å². The highest BCUT2D eigenvalue weighted by atomic mass is 35.5. The molecule has 1 amide bonds. The van der Waals surface area contributed by atoms with Crippen LogP contribution in [0.1, 0.15) is 34.6 Å². The second-order valence-corrected chi connectivity index (χ2v) is 7.07. The van der Waals surface area contributed by atoms with Crippen molar-refractivity contribution in [1.82, 2.24) is 9.78 Å². The summed E-state index contributed by atoms with van der Waals surface area (Å²) in [4.78, 5) is 12.8. The van der Waals surface area contributed by atoms with Crippen LogP contribution in [-0.2, 0) is 0 Å². The van der Waals surface area contributed by atoms with E-state index in [1.165, 1.54) is 19.4 Å². The van der Waals surface area contributed by atoms with Crippen molar-refractivity contribution in [3.63, 3.8) is 0 Å². The predicted octanol–water partition coefficient (Wildman–Crippen LogP) is 5.05. The van der Waals surface area contributed by atoms with Crippen molar-refractivity contribution in [2.75, 3.05) is 17.7 Å². The van der Waals surface area contributed by atoms with Gasteiger partial charge in [-0.15, -0.1) is 0 Å². The van der Waals surface area contributed by atoms with Gasteiger partial charge in [-0.2, -0.15) is 18.3 Å². The molecular weight excluding hydrogens is 425 g/mol. The molecule has 4 rings (SSSR count). The van der Waals surface area contributed by atoms with Crippen molar-refractivity contribution < 1.29 is 27.1 Å². The molecule has 1 aliphatic heterocycles. The number of carbonyl (C=O) groups is 1. The number of nitrogens with one attached hydrogen (secondary N) is 2. The summed E-state index contributed by atoms with van der Waals surface area (Å²) in [5.41, 5.74) is 0.323. The summed E-state index contributed by atoms with van der Waals surface area (Å²) in [7, 11) is 1.46. The monoisotopic (exact) mass is 440 g/mol. The molecule has 3 aromatic rings. The third-order valence-corrected chi connectivity index (χ3v) is 5.07. The van der Waals surface area contributed by atoms with Crippen molar-refractivity contribution in [2.45, 2.75) is 24.7 Å². The van der Waals surface area contributed by atoms with E-state index in [-0.39, 0.29) is 22.8 Å². The summed E-state index contributed by atoms with van der Waals surface area (Å²) in [6.45, 7) is 0. The summed E-state index contributed by atoms with van der Waals surface area (Å²) in [6.07, 6.45) is -2.38. The number of amides is 1. The number of hydrogen-bond donors (Lipinski definition) is 2. The third kappa shape index (κ3) is 3.70. The van der Waals surface area contributed by atoms with Gasteiger partial charge in [-0.3, -0.25) is 4.79 Å². The Hall–Kier alpha value is -3.14. The van der Waals surface area contributed by atoms with E-state index in [0.29, 0.717) is 17.2 Å². The molecule has 0 saturated carbocycles. The van der Waals surface area contributed by atoms with E-state index in [4.69, 9.17) is 20.8 Å². The van der Waals surface area contributed by atoms with Gasteiger partial charge in [0.25, 0.3) is 5.91 Å². The minimum atomic E-state index is -4.55. The van der Waals surface area contributed by atoms with Crippen LogP contribution in [0.3, 0.4) is 0 Å². The summed E-state index contributed by atoms with van der Waals surface area (Å²) in [5.74, 6) is 0.0895. The number of carbonyl (C=O) groups excluding carboxylic acids is 1. The highest BCUT2D eigenvalue weighted by molar-refractivity contribution is 6.32. The van der Waals surface area contributed by atoms with Crippen LogP contribution in [0.5, 0.6) is 5.75 Å². The Labute approximate surface area is 173 Å². The van der Waals surface area contributed by atoms with Gasteiger partial charge in [0.15, 0.2) is 6.04 Å². The van der Waals surface area contributed by atoms with E-state index >= 15 is 0 Å². The number of methoxy groups -OCH3 is 1. The molecule has 0 bridgehead atoms. The number of alkyl halides is 3. The van der Waals surface area contributed by atoms with Crippen LogP contribution in [0.25, 0.3) is 0 Å². The quantitative estimate of drug-likeness (QED) is 0.593. The Balaban J connectivity index is 1.65. The average molecular weight is 441 g/mol. The molecule has 0 radical (unpaired) electrons. The number of nitrogens with zero attached hydrogens (tertiary/aromatic N) is 2. The Morgan fingerprint density at radius 1 is 1.40 bits per heavy atom. The molecule has 158 valence electrons. The van der Waals surface area contributed by atoms with Crippen LogP contribution in [0.15, 0.2) is 47.2 Å². The van der Waals surface area contributed by atoms with E-state index in [2.05, 4.69) is 15.7 Å². The molecule has 3 heterocycles. The first-order valence-electron chi connectivity index (χ1n) is 8.87. The van der Waals surface area contributed by atoms with Crippen molar-refractivity contribution >= 4 is 29.0 Å². The lowest BCUT2D eigenvalue weighted by Gasteiger charge is -2.32. The minimum absolute atomic E-state index is 0.0348. The predicted molar refractivity (Wildman–Crippen MR) is 103 cm³/mol. The average Bonchev–Trinajstić information content (AvgIpc) is 3.36. The molecule has 0 fully saturated rings. The first kappa shape index (κ1) is 20.1. The second-order valence-electron chi connectivity index (χ2n) is 6.66. The highest BCUT2D eigenvalue weighted by Gasteiger charge is 2.47. The molecule has 11 heteroatoms. The van der Waals surface area contributed by atoms with Crippen LogP contribution < -0.4 is 15.4 Å². The van der Waals surface area contributed by atoms with Gasteiger partial charge in [0.2, 0.25) is 0 Å². The van der Waals surface area contributed by atoms with E-state index in [0.717, 1.165) is 10.9 Å². The number of rotatable bonds is 4. The van der Waals surface area contributed by atoms with Gasteiger partial charge in [0, 0.05) is 12.1 Å². The molecule has 0 spiro atoms. The Morgan fingerprint density at radius 2 is 2.20 bits per heavy atom. The largest absolute Gasteiger partial charge is 0.495 e. The first-order chi connectivity index (χ1) is 14.3. The van der Waals surface area contributed by atoms with Crippen molar-refractivity contribution in [3.05, 3.63) is 59.1 Å². The van der Waals surface area contributed by atoms with Crippen LogP contribution in [0.4, 0.5) is 24.7 Å². The van der Waals surface area contributed by atoms with E-state index < -0.39 is 24.2 Å². The molecule has 0 saturated heterocycles. The number of anilines is 2. The zero-order valence-electron chi connectivity index (χ0n) is 15.5. The van der Waals surface area contributed by atoms with Gasteiger partial charge in [0.05, 0.1) is 30.6 Å². The van der Waals surface area contributed by atoms with Crippen LogP contribution in [-0.4, -0.2) is 29.0 Å². The van der Waals surface area contributed by atoms with Crippen molar-refractivity contribution in [3.8, 4) is 5.75 Å². The molecule has 2 aromatic heterocycles. The maximum absolute atomic E-state index is 13.7. The first-order valence-corrected chi connectivity index (χ1v) is 9.24. The summed E-state index contributed by atoms with van der Waals surface area (Å²) >= 11 is 6.06. The fourth-order valence-electron chi connectivity index (χ4n) is 3.35. The zero-order chi connectivity index (χ0) is 21.5. The molecular formula is C19H16ClF3N4O3. The van der Waals surface area contributed by atoms with E-state index in [1.807, 2.05) is 0 Å². The fourth-order valence-corrected chi connectivity index (χ4v) is 3.61. The lowest BCUT2D eigenvalue weighted by molar-refractivity contribution is -0.174. The number of benzene rings is 1. The SMILES string of the molecule is COc1ccc(NC(=O)c2cnn3c2N[C@H](c2ccco2)C[C@@H]3C(F)(F)F)cc1Cl. The highest BCUT2D eigenvalue weighted by Crippen LogP contribution is 2.44. The second kappa shape index (κ2) is 7.60. The van der Waals surface area contributed by atoms with Crippen molar-refractivity contribution in [2.24, 2.45) is 0 Å². The lowest BCUT2D eigenvalue weighted by Crippen LogP contribution is -2.36. The minimum Gasteiger partial charge on any atom is -0.495 e. The molecule has 0 aliphatic carbocycles. The van der Waals surface area contributed by atoms with Crippen LogP contribution in [0.2, 0.25) is 5.02 Å². The molecule has 1 aromatic carbocycles. The number of hydrogen-bond acceptors (Lipinski definition) is 5. The molecule has 1 aliphatic rings. The Kier molecular flexibility index (Phi) is 5.10. The number of ether oxygens (including phenoxy) is 1. The van der Waals surface area contributed by atoms with Gasteiger partial charge in [0.1, 0.15) is 22.9 Å². The standard InChI is InChI=1S/C19H16ClF3N4O3/c1-29-14-5-4-10(7-12(14)20)25-18(28)11-9-24-27-16(19(21,22)23)8-13(26-17(11)27)15-3-2-6-30-15/h2-7,9,13,16,26H,8H2,1H3,(H,25,28)/t13-,16+/m0/s1. The van der Waals surface area contributed by atoms with Crippen molar-refractivity contribution in [1.29, 1.82) is 0 Å². The summed E-state index contributed by atoms with van der Waals surface area (Å²) < 4.78 is 52.1. The molecule has 2 atom stereocenters. The normalized spacial score (nSPS) is 18.4. The number of fused-ring (bicyclic) bond motifs is 1. The molecule has 7 nitrogen and oxygen atoms in total. The van der Waals surface area contributed by atoms with Gasteiger partial charge in [-0.1, -0.05) is 11.6 Å². The number of furan rings is 1. The van der Waals surface area contributed by atoms with Crippen LogP contribution >= 0.6 is 11.6 Å². The topological polar surface area (TPSA) is 81.3 Å². The molecule has 2 N–H and O–H groups in total. The van der Waals surface area contributed by atoms with Gasteiger partial charge in [-0.25, -0.2) is 4.68 Å². The molecule has 0 unspecified atom stereocenters. The number of aromatic nitrogens is 2. The van der Waals surface area contributed by atoms with E-state index in [1.54, 1.807) is 24.3 Å². The Bertz CT molecular complexity index is 1070. The third-order valence-electron chi connectivity index (χ3n) is 4.78. The Morgan fingerprint density at radius 3 is 2.83 bits per heavy atom. The summed E-state index contributed by atoms with van der Waals surface area (Å²) in [6, 6.07) is 5.11. The lowest BCUT2D eigenvalue weighted by atomic mass is 10.0. The number of halogens is 4. The van der Waals surface area contributed by atoms with Crippen LogP contribution in [0, 0.1) is 0 Å².